The van der Waals surface area contributed by atoms with Gasteiger partial charge in [0.2, 0.25) is 5.91 Å². The molecule has 13 nitrogen and oxygen atoms in total. The molecule has 4 rings (SSSR count). The quantitative estimate of drug-likeness (QED) is 0.167. The van der Waals surface area contributed by atoms with Gasteiger partial charge in [-0.15, -0.1) is 0 Å². The van der Waals surface area contributed by atoms with Crippen LogP contribution in [0.2, 0.25) is 0 Å². The lowest BCUT2D eigenvalue weighted by Gasteiger charge is -2.38. The number of rotatable bonds is 15. The predicted octanol–water partition coefficient (Wildman–Crippen LogP) is 4.43. The van der Waals surface area contributed by atoms with E-state index in [0.29, 0.717) is 19.6 Å². The Balaban J connectivity index is 1.60. The van der Waals surface area contributed by atoms with Crippen LogP contribution in [0.3, 0.4) is 0 Å². The topological polar surface area (TPSA) is 156 Å². The Morgan fingerprint density at radius 1 is 0.889 bits per heavy atom. The number of urea groups is 1. The second-order valence-electron chi connectivity index (χ2n) is 16.1. The minimum Gasteiger partial charge on any atom is -0.453 e. The summed E-state index contributed by atoms with van der Waals surface area (Å²) >= 11 is 0. The van der Waals surface area contributed by atoms with Crippen molar-refractivity contribution < 1.29 is 29.0 Å². The van der Waals surface area contributed by atoms with Gasteiger partial charge < -0.3 is 30.3 Å². The molecule has 4 unspecified atom stereocenters. The standard InChI is InChI=1S/C41H57N7O6/c1-28-19-20-42-24-31(28)26-46-21-22-48(39(46)53)35(41(5,6)7)37(51)43-32(23-29-15-11-9-12-16-29)33(49)27-47(25-30-17-13-10-14-18-30)45-36(50)34(40(2,3)4)44-38(52)54-8/h9-20,24,32-35,49H,21-23,25-27H2,1-8H3,(H,43,51)(H,44,52)(H,45,50). The van der Waals surface area contributed by atoms with Gasteiger partial charge in [0.25, 0.3) is 5.91 Å². The Hall–Kier alpha value is -5.01. The summed E-state index contributed by atoms with van der Waals surface area (Å²) in [5.41, 5.74) is 5.32. The molecule has 1 saturated heterocycles. The van der Waals surface area contributed by atoms with Crippen LogP contribution in [-0.4, -0.2) is 99.8 Å². The summed E-state index contributed by atoms with van der Waals surface area (Å²) in [6, 6.07) is 18.0. The molecule has 1 aromatic heterocycles. The van der Waals surface area contributed by atoms with Crippen molar-refractivity contribution in [2.75, 3.05) is 26.7 Å². The molecule has 5 amide bonds. The van der Waals surface area contributed by atoms with E-state index in [1.165, 1.54) is 7.11 Å². The summed E-state index contributed by atoms with van der Waals surface area (Å²) in [6.07, 6.45) is 1.84. The van der Waals surface area contributed by atoms with E-state index in [1.54, 1.807) is 27.2 Å². The number of carbonyl (C=O) groups excluding carboxylic acids is 4. The van der Waals surface area contributed by atoms with Crippen LogP contribution in [0.4, 0.5) is 9.59 Å². The zero-order chi connectivity index (χ0) is 39.6. The second kappa shape index (κ2) is 18.4. The number of nitrogens with one attached hydrogen (secondary N) is 3. The fourth-order valence-electron chi connectivity index (χ4n) is 6.65. The molecule has 4 N–H and O–H groups in total. The van der Waals surface area contributed by atoms with Gasteiger partial charge in [0.05, 0.1) is 19.3 Å². The first kappa shape index (κ1) is 41.7. The molecular formula is C41H57N7O6. The Bertz CT molecular complexity index is 1710. The molecule has 0 bridgehead atoms. The van der Waals surface area contributed by atoms with Crippen LogP contribution >= 0.6 is 0 Å². The third-order valence-electron chi connectivity index (χ3n) is 9.57. The number of carbonyl (C=O) groups is 4. The van der Waals surface area contributed by atoms with Crippen LogP contribution in [0.25, 0.3) is 0 Å². The molecule has 1 fully saturated rings. The molecule has 0 spiro atoms. The van der Waals surface area contributed by atoms with Gasteiger partial charge in [-0.2, -0.15) is 0 Å². The monoisotopic (exact) mass is 743 g/mol. The highest BCUT2D eigenvalue weighted by Gasteiger charge is 2.44. The lowest BCUT2D eigenvalue weighted by molar-refractivity contribution is -0.133. The summed E-state index contributed by atoms with van der Waals surface area (Å²) in [5.74, 6) is -0.880. The van der Waals surface area contributed by atoms with Gasteiger partial charge in [-0.1, -0.05) is 102 Å². The van der Waals surface area contributed by atoms with E-state index in [0.717, 1.165) is 22.3 Å². The van der Waals surface area contributed by atoms with E-state index in [-0.39, 0.29) is 31.4 Å². The van der Waals surface area contributed by atoms with Gasteiger partial charge in [-0.05, 0) is 52.5 Å². The molecule has 2 aromatic carbocycles. The summed E-state index contributed by atoms with van der Waals surface area (Å²) in [4.78, 5) is 61.9. The van der Waals surface area contributed by atoms with Gasteiger partial charge in [0, 0.05) is 45.1 Å². The third kappa shape index (κ3) is 11.5. The maximum Gasteiger partial charge on any atom is 0.407 e. The zero-order valence-electron chi connectivity index (χ0n) is 32.8. The molecule has 13 heteroatoms. The van der Waals surface area contributed by atoms with Crippen LogP contribution in [-0.2, 0) is 33.8 Å². The number of aryl methyl sites for hydroxylation is 1. The van der Waals surface area contributed by atoms with Crippen molar-refractivity contribution in [2.24, 2.45) is 10.8 Å². The summed E-state index contributed by atoms with van der Waals surface area (Å²) < 4.78 is 4.79. The van der Waals surface area contributed by atoms with E-state index in [9.17, 15) is 24.3 Å². The number of benzene rings is 2. The van der Waals surface area contributed by atoms with Gasteiger partial charge in [0.15, 0.2) is 0 Å². The summed E-state index contributed by atoms with van der Waals surface area (Å²) in [7, 11) is 1.23. The number of amides is 5. The molecule has 1 aliphatic heterocycles. The van der Waals surface area contributed by atoms with Crippen molar-refractivity contribution in [2.45, 2.75) is 92.2 Å². The highest BCUT2D eigenvalue weighted by molar-refractivity contribution is 5.89. The third-order valence-corrected chi connectivity index (χ3v) is 9.57. The molecule has 0 radical (unpaired) electrons. The minimum atomic E-state index is -1.18. The number of hydrogen-bond donors (Lipinski definition) is 4. The highest BCUT2D eigenvalue weighted by Crippen LogP contribution is 2.29. The average Bonchev–Trinajstić information content (AvgIpc) is 3.45. The molecule has 54 heavy (non-hydrogen) atoms. The number of methoxy groups -OCH3 is 1. The summed E-state index contributed by atoms with van der Waals surface area (Å²) in [6.45, 7) is 14.6. The SMILES string of the molecule is COC(=O)NC(C(=O)NN(Cc1ccccc1)CC(O)C(Cc1ccccc1)NC(=O)C(N1CCN(Cc2cnccc2C)C1=O)C(C)(C)C)C(C)(C)C. The van der Waals surface area contributed by atoms with Crippen LogP contribution in [0, 0.1) is 17.8 Å². The summed E-state index contributed by atoms with van der Waals surface area (Å²) in [5, 5.41) is 19.3. The van der Waals surface area contributed by atoms with Crippen LogP contribution in [0.15, 0.2) is 79.1 Å². The van der Waals surface area contributed by atoms with Crippen molar-refractivity contribution >= 4 is 23.9 Å². The number of aliphatic hydroxyl groups is 1. The van der Waals surface area contributed by atoms with Gasteiger partial charge in [-0.3, -0.25) is 20.0 Å². The minimum absolute atomic E-state index is 0.0748. The van der Waals surface area contributed by atoms with E-state index in [1.807, 2.05) is 115 Å². The maximum atomic E-state index is 14.5. The predicted molar refractivity (Wildman–Crippen MR) is 207 cm³/mol. The Kier molecular flexibility index (Phi) is 14.2. The number of alkyl carbamates (subject to hydrolysis) is 1. The lowest BCUT2D eigenvalue weighted by atomic mass is 9.84. The molecule has 292 valence electrons. The Morgan fingerprint density at radius 3 is 2.09 bits per heavy atom. The normalized spacial score (nSPS) is 15.7. The largest absolute Gasteiger partial charge is 0.453 e. The Morgan fingerprint density at radius 2 is 1.52 bits per heavy atom. The molecular weight excluding hydrogens is 686 g/mol. The molecule has 0 aliphatic carbocycles. The first-order valence-electron chi connectivity index (χ1n) is 18.4. The van der Waals surface area contributed by atoms with E-state index < -0.39 is 47.1 Å². The van der Waals surface area contributed by atoms with Gasteiger partial charge in [-0.25, -0.2) is 14.6 Å². The smallest absolute Gasteiger partial charge is 0.407 e. The van der Waals surface area contributed by atoms with Crippen LogP contribution < -0.4 is 16.1 Å². The number of aromatic nitrogens is 1. The van der Waals surface area contributed by atoms with Crippen molar-refractivity contribution in [1.29, 1.82) is 0 Å². The fraction of sp³-hybridized carbons (Fsp3) is 0.488. The van der Waals surface area contributed by atoms with Crippen molar-refractivity contribution in [3.63, 3.8) is 0 Å². The molecule has 2 heterocycles. The highest BCUT2D eigenvalue weighted by atomic mass is 16.5. The lowest BCUT2D eigenvalue weighted by Crippen LogP contribution is -2.61. The zero-order valence-corrected chi connectivity index (χ0v) is 32.8. The van der Waals surface area contributed by atoms with Crippen molar-refractivity contribution in [1.82, 2.24) is 35.9 Å². The molecule has 0 saturated carbocycles. The van der Waals surface area contributed by atoms with Gasteiger partial charge in [0.1, 0.15) is 12.1 Å². The van der Waals surface area contributed by atoms with Crippen LogP contribution in [0.5, 0.6) is 0 Å². The van der Waals surface area contributed by atoms with E-state index in [2.05, 4.69) is 21.0 Å². The number of ether oxygens (including phenoxy) is 1. The number of nitrogens with zero attached hydrogens (tertiary/aromatic N) is 4. The van der Waals surface area contributed by atoms with Gasteiger partial charge >= 0.3 is 12.1 Å². The fourth-order valence-corrected chi connectivity index (χ4v) is 6.65. The number of hydrazine groups is 1. The first-order valence-corrected chi connectivity index (χ1v) is 18.4. The van der Waals surface area contributed by atoms with E-state index >= 15 is 0 Å². The number of hydrogen-bond acceptors (Lipinski definition) is 8. The maximum absolute atomic E-state index is 14.5. The van der Waals surface area contributed by atoms with Crippen LogP contribution in [0.1, 0.15) is 63.8 Å². The average molecular weight is 744 g/mol. The molecule has 4 atom stereocenters. The number of aliphatic hydroxyl groups excluding tert-OH is 1. The molecule has 1 aliphatic rings. The van der Waals surface area contributed by atoms with Crippen molar-refractivity contribution in [3.8, 4) is 0 Å². The Labute approximate surface area is 319 Å². The molecule has 3 aromatic rings. The number of pyridine rings is 1. The van der Waals surface area contributed by atoms with E-state index in [4.69, 9.17) is 4.74 Å². The van der Waals surface area contributed by atoms with Crippen molar-refractivity contribution in [3.05, 3.63) is 101 Å². The first-order chi connectivity index (χ1) is 25.5. The second-order valence-corrected chi connectivity index (χ2v) is 16.1.